The highest BCUT2D eigenvalue weighted by molar-refractivity contribution is 6.31. The summed E-state index contributed by atoms with van der Waals surface area (Å²) in [6.07, 6.45) is 1.37. The van der Waals surface area contributed by atoms with Crippen molar-refractivity contribution in [2.24, 2.45) is 5.73 Å². The second kappa shape index (κ2) is 9.76. The maximum atomic E-state index is 13.8. The van der Waals surface area contributed by atoms with Crippen molar-refractivity contribution in [2.75, 3.05) is 6.61 Å². The molecule has 4 rings (SSSR count). The third-order valence-corrected chi connectivity index (χ3v) is 5.68. The van der Waals surface area contributed by atoms with Gasteiger partial charge in [-0.3, -0.25) is 9.59 Å². The van der Waals surface area contributed by atoms with Crippen molar-refractivity contribution in [1.82, 2.24) is 13.7 Å². The number of pyridine rings is 1. The summed E-state index contributed by atoms with van der Waals surface area (Å²) in [5.74, 6) is -2.53. The number of halogens is 3. The van der Waals surface area contributed by atoms with Gasteiger partial charge < -0.3 is 20.1 Å². The van der Waals surface area contributed by atoms with Crippen LogP contribution < -0.4 is 21.7 Å². The van der Waals surface area contributed by atoms with E-state index in [-0.39, 0.29) is 40.5 Å². The van der Waals surface area contributed by atoms with Gasteiger partial charge in [-0.25, -0.2) is 27.5 Å². The van der Waals surface area contributed by atoms with Crippen LogP contribution in [-0.4, -0.2) is 37.4 Å². The Morgan fingerprint density at radius 1 is 1.03 bits per heavy atom. The minimum absolute atomic E-state index is 0.00998. The molecule has 4 aromatic rings. The minimum Gasteiger partial charge on any atom is -0.487 e. The van der Waals surface area contributed by atoms with E-state index in [1.807, 2.05) is 0 Å². The van der Waals surface area contributed by atoms with Crippen LogP contribution in [0, 0.1) is 11.6 Å². The van der Waals surface area contributed by atoms with Crippen molar-refractivity contribution in [3.8, 4) is 5.75 Å². The molecule has 2 heterocycles. The van der Waals surface area contributed by atoms with Crippen molar-refractivity contribution in [2.45, 2.75) is 13.2 Å². The summed E-state index contributed by atoms with van der Waals surface area (Å²) in [5, 5.41) is 8.93. The Balaban J connectivity index is 1.64. The average molecular weight is 519 g/mol. The first-order valence-electron chi connectivity index (χ1n) is 10.3. The summed E-state index contributed by atoms with van der Waals surface area (Å²) in [7, 11) is 0. The SMILES string of the molecule is NC(=O)n1c(=O)n(C(=O)CO)c2cc(Cn3ccc(OCc4ccc(F)cc4F)c(Cl)c3=O)ccc21. The van der Waals surface area contributed by atoms with Crippen LogP contribution in [0.4, 0.5) is 13.6 Å². The molecule has 13 heteroatoms. The smallest absolute Gasteiger partial charge is 0.344 e. The highest BCUT2D eigenvalue weighted by Crippen LogP contribution is 2.23. The summed E-state index contributed by atoms with van der Waals surface area (Å²) in [4.78, 5) is 49.1. The number of imidazole rings is 1. The normalized spacial score (nSPS) is 11.1. The molecule has 0 aliphatic rings. The molecule has 2 aromatic heterocycles. The van der Waals surface area contributed by atoms with Gasteiger partial charge in [-0.2, -0.15) is 0 Å². The molecule has 10 nitrogen and oxygen atoms in total. The molecule has 3 N–H and O–H groups in total. The number of nitrogens with zero attached hydrogens (tertiary/aromatic N) is 3. The number of hydrogen-bond donors (Lipinski definition) is 2. The van der Waals surface area contributed by atoms with Gasteiger partial charge in [0.15, 0.2) is 0 Å². The van der Waals surface area contributed by atoms with Gasteiger partial charge >= 0.3 is 11.7 Å². The molecule has 186 valence electrons. The van der Waals surface area contributed by atoms with Crippen molar-refractivity contribution >= 4 is 34.6 Å². The van der Waals surface area contributed by atoms with Gasteiger partial charge in [-0.15, -0.1) is 0 Å². The topological polar surface area (TPSA) is 139 Å². The standard InChI is InChI=1S/C23H17ClF2N4O6/c24-20-18(36-11-13-2-3-14(25)8-15(13)26)5-6-28(21(20)33)9-12-1-4-16-17(7-12)29(19(32)10-31)23(35)30(16)22(27)34/h1-8,31H,9-11H2,(H2,27,34). The predicted octanol–water partition coefficient (Wildman–Crippen LogP) is 2.08. The monoisotopic (exact) mass is 518 g/mol. The number of aliphatic hydroxyl groups excluding tert-OH is 1. The van der Waals surface area contributed by atoms with Crippen LogP contribution >= 0.6 is 11.6 Å². The Morgan fingerprint density at radius 2 is 1.78 bits per heavy atom. The number of rotatable bonds is 6. The fourth-order valence-electron chi connectivity index (χ4n) is 3.62. The molecule has 0 unspecified atom stereocenters. The van der Waals surface area contributed by atoms with Crippen LogP contribution in [0.2, 0.25) is 5.02 Å². The summed E-state index contributed by atoms with van der Waals surface area (Å²) in [5.41, 5.74) is 4.14. The number of amides is 1. The van der Waals surface area contributed by atoms with E-state index >= 15 is 0 Å². The lowest BCUT2D eigenvalue weighted by Crippen LogP contribution is -2.35. The largest absolute Gasteiger partial charge is 0.487 e. The lowest BCUT2D eigenvalue weighted by molar-refractivity contribution is 0.0819. The number of benzene rings is 2. The molecule has 0 bridgehead atoms. The van der Waals surface area contributed by atoms with Crippen LogP contribution in [0.1, 0.15) is 15.9 Å². The van der Waals surface area contributed by atoms with E-state index in [9.17, 15) is 33.1 Å². The minimum atomic E-state index is -1.11. The maximum absolute atomic E-state index is 13.8. The second-order valence-electron chi connectivity index (χ2n) is 7.62. The number of fused-ring (bicyclic) bond motifs is 1. The summed E-state index contributed by atoms with van der Waals surface area (Å²) < 4.78 is 34.7. The zero-order chi connectivity index (χ0) is 26.1. The Labute approximate surface area is 205 Å². The highest BCUT2D eigenvalue weighted by atomic mass is 35.5. The first-order valence-corrected chi connectivity index (χ1v) is 10.7. The van der Waals surface area contributed by atoms with E-state index in [4.69, 9.17) is 22.1 Å². The zero-order valence-electron chi connectivity index (χ0n) is 18.3. The lowest BCUT2D eigenvalue weighted by Gasteiger charge is -2.12. The van der Waals surface area contributed by atoms with E-state index in [0.717, 1.165) is 6.07 Å². The van der Waals surface area contributed by atoms with E-state index in [1.54, 1.807) is 0 Å². The van der Waals surface area contributed by atoms with Gasteiger partial charge in [0, 0.05) is 17.8 Å². The summed E-state index contributed by atoms with van der Waals surface area (Å²) in [6, 6.07) is 7.55. The Hall–Kier alpha value is -4.29. The molecule has 36 heavy (non-hydrogen) atoms. The fourth-order valence-corrected chi connectivity index (χ4v) is 3.85. The molecule has 0 aliphatic heterocycles. The number of aromatic nitrogens is 3. The van der Waals surface area contributed by atoms with Gasteiger partial charge in [0.2, 0.25) is 0 Å². The fraction of sp³-hybridized carbons (Fsp3) is 0.130. The third kappa shape index (κ3) is 4.51. The molecule has 0 aliphatic carbocycles. The van der Waals surface area contributed by atoms with Gasteiger partial charge in [0.25, 0.3) is 11.5 Å². The number of hydrogen-bond acceptors (Lipinski definition) is 6. The van der Waals surface area contributed by atoms with Gasteiger partial charge in [0.05, 0.1) is 17.6 Å². The predicted molar refractivity (Wildman–Crippen MR) is 124 cm³/mol. The molecule has 0 radical (unpaired) electrons. The molecule has 0 atom stereocenters. The number of ether oxygens (including phenoxy) is 1. The Morgan fingerprint density at radius 3 is 2.44 bits per heavy atom. The van der Waals surface area contributed by atoms with Crippen molar-refractivity contribution < 1.29 is 28.2 Å². The summed E-state index contributed by atoms with van der Waals surface area (Å²) in [6.45, 7) is -1.33. The molecule has 1 amide bonds. The van der Waals surface area contributed by atoms with Crippen LogP contribution in [0.25, 0.3) is 11.0 Å². The molecular formula is C23H17ClF2N4O6. The van der Waals surface area contributed by atoms with E-state index < -0.39 is 41.4 Å². The Kier molecular flexibility index (Phi) is 6.73. The maximum Gasteiger partial charge on any atom is 0.344 e. The molecular weight excluding hydrogens is 502 g/mol. The third-order valence-electron chi connectivity index (χ3n) is 5.33. The number of carbonyl (C=O) groups is 2. The van der Waals surface area contributed by atoms with Crippen LogP contribution in [-0.2, 0) is 13.2 Å². The first-order chi connectivity index (χ1) is 17.1. The van der Waals surface area contributed by atoms with Crippen molar-refractivity contribution in [3.05, 3.63) is 97.3 Å². The highest BCUT2D eigenvalue weighted by Gasteiger charge is 2.21. The summed E-state index contributed by atoms with van der Waals surface area (Å²) >= 11 is 6.15. The van der Waals surface area contributed by atoms with Crippen LogP contribution in [0.5, 0.6) is 5.75 Å². The molecule has 2 aromatic carbocycles. The second-order valence-corrected chi connectivity index (χ2v) is 8.00. The van der Waals surface area contributed by atoms with E-state index in [2.05, 4.69) is 0 Å². The molecule has 0 spiro atoms. The van der Waals surface area contributed by atoms with E-state index in [1.165, 1.54) is 41.1 Å². The number of nitrogens with two attached hydrogens (primary N) is 1. The quantitative estimate of drug-likeness (QED) is 0.401. The molecule has 0 saturated heterocycles. The van der Waals surface area contributed by atoms with Gasteiger partial charge in [0.1, 0.15) is 35.6 Å². The molecule has 0 saturated carbocycles. The van der Waals surface area contributed by atoms with E-state index in [0.29, 0.717) is 20.8 Å². The Bertz CT molecular complexity index is 1640. The number of primary amides is 1. The van der Waals surface area contributed by atoms with Crippen LogP contribution in [0.15, 0.2) is 58.3 Å². The van der Waals surface area contributed by atoms with Crippen LogP contribution in [0.3, 0.4) is 0 Å². The first kappa shape index (κ1) is 24.8. The average Bonchev–Trinajstić information content (AvgIpc) is 3.13. The zero-order valence-corrected chi connectivity index (χ0v) is 19.0. The van der Waals surface area contributed by atoms with Crippen molar-refractivity contribution in [1.29, 1.82) is 0 Å². The van der Waals surface area contributed by atoms with Gasteiger partial charge in [-0.1, -0.05) is 17.7 Å². The van der Waals surface area contributed by atoms with Crippen molar-refractivity contribution in [3.63, 3.8) is 0 Å². The number of aliphatic hydroxyl groups is 1. The van der Waals surface area contributed by atoms with Gasteiger partial charge in [-0.05, 0) is 35.9 Å². The molecule has 0 fully saturated rings. The number of carbonyl (C=O) groups excluding carboxylic acids is 2. The lowest BCUT2D eigenvalue weighted by atomic mass is 10.2.